The molecule has 0 amide bonds. The number of benzene rings is 2. The van der Waals surface area contributed by atoms with Gasteiger partial charge in [0.15, 0.2) is 11.7 Å². The van der Waals surface area contributed by atoms with Crippen molar-refractivity contribution in [2.75, 3.05) is 32.0 Å². The third kappa shape index (κ3) is 6.79. The number of carbonyl (C=O) groups is 1. The molecule has 3 fully saturated rings. The molecular formula is C41H49FN6O4S. The number of nitrogens with two attached hydrogens (primary N) is 2. The van der Waals surface area contributed by atoms with E-state index < -0.39 is 5.82 Å². The summed E-state index contributed by atoms with van der Waals surface area (Å²) in [5.74, 6) is 1.18. The largest absolute Gasteiger partial charge is 0.507 e. The van der Waals surface area contributed by atoms with E-state index in [4.69, 9.17) is 25.9 Å². The van der Waals surface area contributed by atoms with Gasteiger partial charge in [-0.25, -0.2) is 4.39 Å². The number of rotatable bonds is 10. The molecule has 280 valence electrons. The van der Waals surface area contributed by atoms with Crippen LogP contribution in [0.1, 0.15) is 99.5 Å². The molecule has 1 aromatic heterocycles. The molecule has 0 bridgehead atoms. The number of aromatic hydroxyl groups is 1. The molecule has 4 heterocycles. The number of fused-ring (bicyclic) bond motifs is 3. The van der Waals surface area contributed by atoms with Crippen LogP contribution in [0.25, 0.3) is 21.2 Å². The van der Waals surface area contributed by atoms with Gasteiger partial charge in [0.2, 0.25) is 0 Å². The van der Waals surface area contributed by atoms with Crippen molar-refractivity contribution in [3.63, 3.8) is 0 Å². The number of anilines is 1. The van der Waals surface area contributed by atoms with Crippen molar-refractivity contribution in [1.29, 1.82) is 5.26 Å². The van der Waals surface area contributed by atoms with E-state index in [1.807, 2.05) is 6.92 Å². The fraction of sp³-hybridized carbons (Fsp3) is 0.488. The summed E-state index contributed by atoms with van der Waals surface area (Å²) in [6.07, 6.45) is 9.97. The number of phenols is 1. The molecule has 7 rings (SSSR count). The van der Waals surface area contributed by atoms with E-state index in [9.17, 15) is 15.2 Å². The number of nitriles is 1. The maximum absolute atomic E-state index is 15.1. The number of phenolic OH excluding ortho intramolecular Hbond substituents is 1. The van der Waals surface area contributed by atoms with Crippen LogP contribution in [0.15, 0.2) is 40.4 Å². The Morgan fingerprint density at radius 2 is 2.08 bits per heavy atom. The standard InChI is InChI=1S/C41H49FN6O4S/c1-4-5-11-33(52-22-41-14-8-15-48(41)19-23(2)16-41)47-40(46-18-31(44)25-9-6-7-10-32(25)49)34-24(3)37(50)35(29-21-51-20-28(29)34)26-12-13-30(42)38-36(26)27(17-43)39(45)53-38/h11-13,23,50H,4-10,14-16,18-22,44-45H2,1-3H3,(H,46,47)/b31-25-,33-11-. The molecule has 2 saturated heterocycles. The Balaban J connectivity index is 1.34. The highest BCUT2D eigenvalue weighted by molar-refractivity contribution is 7.23. The van der Waals surface area contributed by atoms with Crippen LogP contribution in [-0.4, -0.2) is 53.4 Å². The minimum absolute atomic E-state index is 0.00135. The number of carbonyl (C=O) groups excluding carboxylic acids is 1. The zero-order chi connectivity index (χ0) is 37.4. The fourth-order valence-corrected chi connectivity index (χ4v) is 9.85. The topological polar surface area (TPSA) is 159 Å². The SMILES string of the molecule is CCC/C=C(/NC(=NC/C(N)=C1\CCCCC1=O)c1c(C)c(O)c(-c2ccc(F)c3sc(N)c(C#N)c23)c2c1COC2)OCC12CCCN1CC(C)C2. The van der Waals surface area contributed by atoms with Crippen molar-refractivity contribution in [3.8, 4) is 22.9 Å². The zero-order valence-corrected chi connectivity index (χ0v) is 31.7. The van der Waals surface area contributed by atoms with Crippen molar-refractivity contribution < 1.29 is 23.8 Å². The highest BCUT2D eigenvalue weighted by Gasteiger charge is 2.47. The molecule has 3 aliphatic heterocycles. The van der Waals surface area contributed by atoms with Crippen molar-refractivity contribution in [1.82, 2.24) is 10.2 Å². The number of nitrogen functional groups attached to an aromatic ring is 1. The van der Waals surface area contributed by atoms with Crippen LogP contribution >= 0.6 is 11.3 Å². The number of nitrogens with zero attached hydrogens (tertiary/aromatic N) is 3. The monoisotopic (exact) mass is 740 g/mol. The molecule has 12 heteroatoms. The lowest BCUT2D eigenvalue weighted by molar-refractivity contribution is -0.116. The summed E-state index contributed by atoms with van der Waals surface area (Å²) in [6, 6.07) is 5.08. The molecule has 1 saturated carbocycles. The second-order valence-corrected chi connectivity index (χ2v) is 16.1. The normalized spacial score (nSPS) is 23.0. The molecular weight excluding hydrogens is 692 g/mol. The van der Waals surface area contributed by atoms with Crippen LogP contribution in [-0.2, 0) is 27.5 Å². The lowest BCUT2D eigenvalue weighted by Gasteiger charge is -2.32. The first kappa shape index (κ1) is 36.9. The molecule has 0 radical (unpaired) electrons. The Bertz CT molecular complexity index is 2100. The minimum Gasteiger partial charge on any atom is -0.507 e. The minimum atomic E-state index is -0.483. The first-order valence-corrected chi connectivity index (χ1v) is 19.6. The Kier molecular flexibility index (Phi) is 10.5. The van der Waals surface area contributed by atoms with Gasteiger partial charge in [0.05, 0.1) is 35.6 Å². The molecule has 53 heavy (non-hydrogen) atoms. The van der Waals surface area contributed by atoms with Gasteiger partial charge in [-0.2, -0.15) is 5.26 Å². The average molecular weight is 741 g/mol. The maximum atomic E-state index is 15.1. The number of hydrogen-bond donors (Lipinski definition) is 4. The predicted molar refractivity (Wildman–Crippen MR) is 207 cm³/mol. The second-order valence-electron chi connectivity index (χ2n) is 15.1. The molecule has 4 aliphatic rings. The second kappa shape index (κ2) is 15.1. The van der Waals surface area contributed by atoms with Crippen LogP contribution in [0.4, 0.5) is 9.39 Å². The van der Waals surface area contributed by atoms with Crippen LogP contribution in [0.2, 0.25) is 0 Å². The smallest absolute Gasteiger partial charge is 0.188 e. The van der Waals surface area contributed by atoms with Crippen molar-refractivity contribution in [2.45, 2.75) is 97.3 Å². The Hall–Kier alpha value is -4.44. The van der Waals surface area contributed by atoms with E-state index in [0.717, 1.165) is 74.9 Å². The van der Waals surface area contributed by atoms with Gasteiger partial charge in [-0.15, -0.1) is 11.3 Å². The number of thiophene rings is 1. The third-order valence-electron chi connectivity index (χ3n) is 11.4. The van der Waals surface area contributed by atoms with Crippen molar-refractivity contribution in [2.24, 2.45) is 16.6 Å². The van der Waals surface area contributed by atoms with Gasteiger partial charge in [0, 0.05) is 46.3 Å². The summed E-state index contributed by atoms with van der Waals surface area (Å²) in [5.41, 5.74) is 17.7. The number of halogens is 1. The first-order chi connectivity index (χ1) is 25.6. The van der Waals surface area contributed by atoms with Gasteiger partial charge < -0.3 is 31.4 Å². The Labute approximate surface area is 314 Å². The highest BCUT2D eigenvalue weighted by atomic mass is 32.1. The van der Waals surface area contributed by atoms with Crippen LogP contribution in [0.5, 0.6) is 5.75 Å². The number of amidine groups is 1. The van der Waals surface area contributed by atoms with E-state index >= 15 is 4.39 Å². The summed E-state index contributed by atoms with van der Waals surface area (Å²) in [7, 11) is 0. The number of allylic oxidation sites excluding steroid dienone is 2. The van der Waals surface area contributed by atoms with E-state index in [-0.39, 0.29) is 52.1 Å². The number of ether oxygens (including phenoxy) is 2. The molecule has 2 unspecified atom stereocenters. The van der Waals surface area contributed by atoms with Gasteiger partial charge in [-0.1, -0.05) is 26.3 Å². The summed E-state index contributed by atoms with van der Waals surface area (Å²) >= 11 is 1.02. The van der Waals surface area contributed by atoms with Crippen LogP contribution in [0.3, 0.4) is 0 Å². The van der Waals surface area contributed by atoms with Crippen LogP contribution < -0.4 is 16.8 Å². The summed E-state index contributed by atoms with van der Waals surface area (Å²) < 4.78 is 28.1. The molecule has 2 atom stereocenters. The van der Waals surface area contributed by atoms with E-state index in [1.165, 1.54) is 6.07 Å². The van der Waals surface area contributed by atoms with Crippen molar-refractivity contribution >= 4 is 38.0 Å². The third-order valence-corrected chi connectivity index (χ3v) is 12.5. The number of aliphatic imine (C=N–C) groups is 1. The number of ketones is 1. The first-order valence-electron chi connectivity index (χ1n) is 18.8. The summed E-state index contributed by atoms with van der Waals surface area (Å²) in [6.45, 7) is 9.44. The number of nitrogens with one attached hydrogen (secondary N) is 1. The summed E-state index contributed by atoms with van der Waals surface area (Å²) in [5, 5.41) is 26.3. The van der Waals surface area contributed by atoms with E-state index in [2.05, 4.69) is 36.2 Å². The van der Waals surface area contributed by atoms with Gasteiger partial charge in [0.25, 0.3) is 0 Å². The van der Waals surface area contributed by atoms with Gasteiger partial charge >= 0.3 is 0 Å². The van der Waals surface area contributed by atoms with Gasteiger partial charge in [-0.05, 0) is 93.2 Å². The van der Waals surface area contributed by atoms with E-state index in [1.54, 1.807) is 6.07 Å². The number of Topliss-reactive ketones (excluding diaryl/α,β-unsaturated/α-hetero) is 1. The predicted octanol–water partition coefficient (Wildman–Crippen LogP) is 7.43. The molecule has 1 aliphatic carbocycles. The van der Waals surface area contributed by atoms with Crippen molar-refractivity contribution in [3.05, 3.63) is 69.0 Å². The molecule has 10 nitrogen and oxygen atoms in total. The van der Waals surface area contributed by atoms with Gasteiger partial charge in [-0.3, -0.25) is 14.7 Å². The lowest BCUT2D eigenvalue weighted by Crippen LogP contribution is -2.43. The van der Waals surface area contributed by atoms with E-state index in [0.29, 0.717) is 81.6 Å². The molecule has 3 aromatic rings. The molecule has 2 aromatic carbocycles. The zero-order valence-electron chi connectivity index (χ0n) is 30.9. The quantitative estimate of drug-likeness (QED) is 0.0718. The number of hydrogen-bond acceptors (Lipinski definition) is 10. The average Bonchev–Trinajstić information content (AvgIpc) is 3.91. The maximum Gasteiger partial charge on any atom is 0.188 e. The summed E-state index contributed by atoms with van der Waals surface area (Å²) in [4.78, 5) is 20.4. The molecule has 6 N–H and O–H groups in total. The fourth-order valence-electron chi connectivity index (χ4n) is 8.90. The lowest BCUT2D eigenvalue weighted by atomic mass is 9.86. The number of unbranched alkanes of at least 4 members (excludes halogenated alkanes) is 1. The highest BCUT2D eigenvalue weighted by Crippen LogP contribution is 2.49. The molecule has 0 spiro atoms. The van der Waals surface area contributed by atoms with Crippen LogP contribution in [0, 0.1) is 30.0 Å². The Morgan fingerprint density at radius 3 is 2.85 bits per heavy atom. The van der Waals surface area contributed by atoms with Gasteiger partial charge in [0.1, 0.15) is 35.1 Å². The Morgan fingerprint density at radius 1 is 1.28 bits per heavy atom.